The van der Waals surface area contributed by atoms with Gasteiger partial charge in [-0.3, -0.25) is 4.79 Å². The highest BCUT2D eigenvalue weighted by atomic mass is 32.1. The number of nitrogens with one attached hydrogen (secondary N) is 1. The van der Waals surface area contributed by atoms with Crippen LogP contribution in [0.25, 0.3) is 0 Å². The number of carbonyl (C=O) groups is 1. The van der Waals surface area contributed by atoms with Crippen LogP contribution in [0.5, 0.6) is 0 Å². The molecule has 5 nitrogen and oxygen atoms in total. The van der Waals surface area contributed by atoms with Crippen LogP contribution in [-0.4, -0.2) is 46.7 Å². The molecule has 0 aromatic carbocycles. The third kappa shape index (κ3) is 4.47. The van der Waals surface area contributed by atoms with Gasteiger partial charge < -0.3 is 21.3 Å². The lowest BCUT2D eigenvalue weighted by atomic mass is 10.2. The molecular formula is C7H16N2O3S. The molecule has 3 atom stereocenters. The molecular weight excluding hydrogens is 192 g/mol. The number of hydrogen-bond acceptors (Lipinski definition) is 5. The fourth-order valence-electron chi connectivity index (χ4n) is 0.691. The predicted octanol–water partition coefficient (Wildman–Crippen LogP) is -1.90. The third-order valence-corrected chi connectivity index (χ3v) is 2.03. The van der Waals surface area contributed by atoms with Crippen LogP contribution >= 0.6 is 12.6 Å². The molecule has 1 amide bonds. The van der Waals surface area contributed by atoms with E-state index in [9.17, 15) is 4.79 Å². The van der Waals surface area contributed by atoms with Gasteiger partial charge in [-0.1, -0.05) is 0 Å². The fourth-order valence-corrected chi connectivity index (χ4v) is 0.857. The zero-order chi connectivity index (χ0) is 10.4. The molecule has 0 aromatic heterocycles. The summed E-state index contributed by atoms with van der Waals surface area (Å²) in [4.78, 5) is 11.1. The van der Waals surface area contributed by atoms with Gasteiger partial charge in [0.05, 0.1) is 24.8 Å². The molecule has 0 radical (unpaired) electrons. The average Bonchev–Trinajstić information content (AvgIpc) is 2.11. The van der Waals surface area contributed by atoms with Crippen molar-refractivity contribution >= 4 is 18.5 Å². The molecule has 0 aliphatic rings. The first-order chi connectivity index (χ1) is 6.02. The SMILES string of the molecule is C[C@@H](O)[C@@H](CO)NC(=O)[C@@H](N)CS. The van der Waals surface area contributed by atoms with Crippen LogP contribution in [0.4, 0.5) is 0 Å². The van der Waals surface area contributed by atoms with Gasteiger partial charge in [0, 0.05) is 5.75 Å². The predicted molar refractivity (Wildman–Crippen MR) is 52.5 cm³/mol. The molecule has 0 rings (SSSR count). The van der Waals surface area contributed by atoms with Crippen molar-refractivity contribution in [3.05, 3.63) is 0 Å². The van der Waals surface area contributed by atoms with E-state index in [-0.39, 0.29) is 12.4 Å². The summed E-state index contributed by atoms with van der Waals surface area (Å²) in [6.07, 6.45) is -0.805. The van der Waals surface area contributed by atoms with Gasteiger partial charge in [-0.15, -0.1) is 0 Å². The Morgan fingerprint density at radius 1 is 1.69 bits per heavy atom. The van der Waals surface area contributed by atoms with Crippen molar-refractivity contribution in [2.24, 2.45) is 5.73 Å². The molecule has 0 aromatic rings. The molecule has 0 fully saturated rings. The molecule has 0 spiro atoms. The van der Waals surface area contributed by atoms with Gasteiger partial charge in [-0.25, -0.2) is 0 Å². The van der Waals surface area contributed by atoms with E-state index in [4.69, 9.17) is 15.9 Å². The van der Waals surface area contributed by atoms with Crippen molar-refractivity contribution in [2.75, 3.05) is 12.4 Å². The number of aliphatic hydroxyl groups is 2. The van der Waals surface area contributed by atoms with Crippen LogP contribution in [-0.2, 0) is 4.79 Å². The van der Waals surface area contributed by atoms with Crippen molar-refractivity contribution in [3.63, 3.8) is 0 Å². The van der Waals surface area contributed by atoms with E-state index in [1.807, 2.05) is 0 Å². The molecule has 0 heterocycles. The summed E-state index contributed by atoms with van der Waals surface area (Å²) < 4.78 is 0. The minimum Gasteiger partial charge on any atom is -0.394 e. The number of amides is 1. The Kier molecular flexibility index (Phi) is 6.06. The molecule has 0 saturated heterocycles. The number of carbonyl (C=O) groups excluding carboxylic acids is 1. The first-order valence-corrected chi connectivity index (χ1v) is 4.62. The summed E-state index contributed by atoms with van der Waals surface area (Å²) in [6, 6.07) is -1.38. The summed E-state index contributed by atoms with van der Waals surface area (Å²) >= 11 is 3.85. The van der Waals surface area contributed by atoms with Gasteiger partial charge in [0.1, 0.15) is 0 Å². The van der Waals surface area contributed by atoms with Crippen LogP contribution in [0.1, 0.15) is 6.92 Å². The Hall–Kier alpha value is -0.300. The summed E-state index contributed by atoms with van der Waals surface area (Å²) in [7, 11) is 0. The number of thiol groups is 1. The van der Waals surface area contributed by atoms with E-state index in [2.05, 4.69) is 17.9 Å². The van der Waals surface area contributed by atoms with E-state index < -0.39 is 24.1 Å². The summed E-state index contributed by atoms with van der Waals surface area (Å²) in [5, 5.41) is 20.3. The van der Waals surface area contributed by atoms with E-state index in [1.165, 1.54) is 6.92 Å². The second-order valence-electron chi connectivity index (χ2n) is 2.83. The smallest absolute Gasteiger partial charge is 0.238 e. The quantitative estimate of drug-likeness (QED) is 0.341. The molecule has 0 unspecified atom stereocenters. The highest BCUT2D eigenvalue weighted by Gasteiger charge is 2.19. The lowest BCUT2D eigenvalue weighted by molar-refractivity contribution is -0.123. The Morgan fingerprint density at radius 3 is 2.54 bits per heavy atom. The third-order valence-electron chi connectivity index (χ3n) is 1.64. The lowest BCUT2D eigenvalue weighted by Gasteiger charge is -2.20. The van der Waals surface area contributed by atoms with Gasteiger partial charge in [-0.05, 0) is 6.92 Å². The highest BCUT2D eigenvalue weighted by molar-refractivity contribution is 7.80. The molecule has 0 bridgehead atoms. The van der Waals surface area contributed by atoms with Crippen molar-refractivity contribution in [1.82, 2.24) is 5.32 Å². The topological polar surface area (TPSA) is 95.6 Å². The standard InChI is InChI=1S/C7H16N2O3S/c1-4(11)6(2-10)9-7(12)5(8)3-13/h4-6,10-11,13H,2-3,8H2,1H3,(H,9,12)/t4-,5+,6-/m1/s1. The Labute approximate surface area is 82.7 Å². The van der Waals surface area contributed by atoms with Gasteiger partial charge in [-0.2, -0.15) is 12.6 Å². The number of nitrogens with two attached hydrogens (primary N) is 1. The number of hydrogen-bond donors (Lipinski definition) is 5. The van der Waals surface area contributed by atoms with Crippen molar-refractivity contribution < 1.29 is 15.0 Å². The molecule has 0 aliphatic carbocycles. The molecule has 78 valence electrons. The molecule has 5 N–H and O–H groups in total. The fraction of sp³-hybridized carbons (Fsp3) is 0.857. The molecule has 13 heavy (non-hydrogen) atoms. The highest BCUT2D eigenvalue weighted by Crippen LogP contribution is 1.93. The second kappa shape index (κ2) is 6.20. The zero-order valence-corrected chi connectivity index (χ0v) is 8.37. The van der Waals surface area contributed by atoms with Crippen LogP contribution in [0.3, 0.4) is 0 Å². The first kappa shape index (κ1) is 12.7. The number of rotatable bonds is 5. The largest absolute Gasteiger partial charge is 0.394 e. The number of aliphatic hydroxyl groups excluding tert-OH is 2. The van der Waals surface area contributed by atoms with Crippen molar-refractivity contribution in [2.45, 2.75) is 25.1 Å². The maximum atomic E-state index is 11.1. The minimum absolute atomic E-state index is 0.226. The maximum absolute atomic E-state index is 11.1. The van der Waals surface area contributed by atoms with Crippen molar-refractivity contribution in [3.8, 4) is 0 Å². The van der Waals surface area contributed by atoms with Crippen LogP contribution < -0.4 is 11.1 Å². The van der Waals surface area contributed by atoms with Gasteiger partial charge in [0.25, 0.3) is 0 Å². The van der Waals surface area contributed by atoms with Crippen LogP contribution in [0.2, 0.25) is 0 Å². The second-order valence-corrected chi connectivity index (χ2v) is 3.19. The monoisotopic (exact) mass is 208 g/mol. The first-order valence-electron chi connectivity index (χ1n) is 3.98. The van der Waals surface area contributed by atoms with E-state index in [0.29, 0.717) is 0 Å². The van der Waals surface area contributed by atoms with E-state index in [1.54, 1.807) is 0 Å². The van der Waals surface area contributed by atoms with Gasteiger partial charge in [0.2, 0.25) is 5.91 Å². The lowest BCUT2D eigenvalue weighted by Crippen LogP contribution is -2.51. The Morgan fingerprint density at radius 2 is 2.23 bits per heavy atom. The zero-order valence-electron chi connectivity index (χ0n) is 7.47. The molecule has 0 aliphatic heterocycles. The summed E-state index contributed by atoms with van der Waals surface area (Å²) in [5.41, 5.74) is 5.37. The Bertz CT molecular complexity index is 166. The molecule has 0 saturated carbocycles. The molecule has 6 heteroatoms. The van der Waals surface area contributed by atoms with E-state index >= 15 is 0 Å². The normalized spacial score (nSPS) is 17.6. The Balaban J connectivity index is 4.01. The van der Waals surface area contributed by atoms with Crippen molar-refractivity contribution in [1.29, 1.82) is 0 Å². The van der Waals surface area contributed by atoms with Crippen LogP contribution in [0, 0.1) is 0 Å². The summed E-state index contributed by atoms with van der Waals surface area (Å²) in [6.45, 7) is 1.16. The van der Waals surface area contributed by atoms with Gasteiger partial charge in [0.15, 0.2) is 0 Å². The van der Waals surface area contributed by atoms with Crippen LogP contribution in [0.15, 0.2) is 0 Å². The minimum atomic E-state index is -0.805. The van der Waals surface area contributed by atoms with E-state index in [0.717, 1.165) is 0 Å². The average molecular weight is 208 g/mol. The van der Waals surface area contributed by atoms with Gasteiger partial charge >= 0.3 is 0 Å². The summed E-state index contributed by atoms with van der Waals surface area (Å²) in [5.74, 6) is -0.195. The maximum Gasteiger partial charge on any atom is 0.238 e.